The molecule has 0 rings (SSSR count). The summed E-state index contributed by atoms with van der Waals surface area (Å²) in [6.45, 7) is 7.42. The zero-order valence-electron chi connectivity index (χ0n) is 14.4. The van der Waals surface area contributed by atoms with Crippen LogP contribution in [0.15, 0.2) is 0 Å². The van der Waals surface area contributed by atoms with Crippen LogP contribution < -0.4 is 0 Å². The van der Waals surface area contributed by atoms with Gasteiger partial charge in [0.15, 0.2) is 0 Å². The molecule has 0 heterocycles. The molecular formula is C17H37O2Si. The first-order chi connectivity index (χ1) is 9.78. The Balaban J connectivity index is 3.87. The molecular weight excluding hydrogens is 264 g/mol. The highest BCUT2D eigenvalue weighted by atomic mass is 28.3. The molecule has 2 nitrogen and oxygen atoms in total. The Bertz CT molecular complexity index is 188. The maximum absolute atomic E-state index is 5.74. The number of rotatable bonds is 15. The van der Waals surface area contributed by atoms with E-state index in [4.69, 9.17) is 8.85 Å². The van der Waals surface area contributed by atoms with Crippen LogP contribution in [0.3, 0.4) is 0 Å². The molecule has 3 heteroatoms. The molecule has 0 aromatic rings. The van der Waals surface area contributed by atoms with Gasteiger partial charge in [0, 0.05) is 13.7 Å². The standard InChI is InChI=1S/C17H37O2Si/c1-5-8-10-11-12-13-15-17(14-9-6-2)16-20(18-4)19-7-3/h17H,5-16H2,1-4H3. The highest BCUT2D eigenvalue weighted by Gasteiger charge is 2.20. The van der Waals surface area contributed by atoms with Crippen molar-refractivity contribution in [2.24, 2.45) is 5.92 Å². The fourth-order valence-electron chi connectivity index (χ4n) is 2.65. The van der Waals surface area contributed by atoms with Crippen molar-refractivity contribution in [3.05, 3.63) is 0 Å². The molecule has 0 saturated carbocycles. The summed E-state index contributed by atoms with van der Waals surface area (Å²) in [5.74, 6) is 0.821. The Morgan fingerprint density at radius 1 is 0.800 bits per heavy atom. The fraction of sp³-hybridized carbons (Fsp3) is 1.00. The van der Waals surface area contributed by atoms with Gasteiger partial charge in [-0.2, -0.15) is 0 Å². The van der Waals surface area contributed by atoms with E-state index in [2.05, 4.69) is 20.8 Å². The van der Waals surface area contributed by atoms with Gasteiger partial charge in [0.1, 0.15) is 0 Å². The van der Waals surface area contributed by atoms with Crippen molar-refractivity contribution in [3.8, 4) is 0 Å². The van der Waals surface area contributed by atoms with Gasteiger partial charge in [0.2, 0.25) is 0 Å². The predicted molar refractivity (Wildman–Crippen MR) is 90.2 cm³/mol. The minimum absolute atomic E-state index is 0.791. The normalized spacial score (nSPS) is 13.1. The van der Waals surface area contributed by atoms with Crippen LogP contribution in [0.25, 0.3) is 0 Å². The Morgan fingerprint density at radius 3 is 2.00 bits per heavy atom. The number of hydrogen-bond acceptors (Lipinski definition) is 2. The molecule has 0 aromatic heterocycles. The van der Waals surface area contributed by atoms with Gasteiger partial charge in [-0.25, -0.2) is 0 Å². The van der Waals surface area contributed by atoms with E-state index in [9.17, 15) is 0 Å². The first-order valence-electron chi connectivity index (χ1n) is 8.80. The highest BCUT2D eigenvalue weighted by Crippen LogP contribution is 2.23. The Labute approximate surface area is 129 Å². The summed E-state index contributed by atoms with van der Waals surface area (Å²) in [7, 11) is 0.797. The van der Waals surface area contributed by atoms with Crippen LogP contribution in [0.5, 0.6) is 0 Å². The van der Waals surface area contributed by atoms with Crippen LogP contribution in [0, 0.1) is 5.92 Å². The van der Waals surface area contributed by atoms with Crippen LogP contribution in [-0.4, -0.2) is 23.0 Å². The van der Waals surface area contributed by atoms with E-state index in [1.54, 1.807) is 0 Å². The van der Waals surface area contributed by atoms with Gasteiger partial charge in [0.25, 0.3) is 0 Å². The van der Waals surface area contributed by atoms with Crippen LogP contribution in [0.4, 0.5) is 0 Å². The van der Waals surface area contributed by atoms with E-state index in [-0.39, 0.29) is 0 Å². The zero-order valence-corrected chi connectivity index (χ0v) is 15.4. The molecule has 0 N–H and O–H groups in total. The van der Waals surface area contributed by atoms with Crippen LogP contribution >= 0.6 is 0 Å². The average Bonchev–Trinajstić information content (AvgIpc) is 2.47. The van der Waals surface area contributed by atoms with Crippen LogP contribution in [0.2, 0.25) is 6.04 Å². The smallest absolute Gasteiger partial charge is 0.384 e. The molecule has 20 heavy (non-hydrogen) atoms. The highest BCUT2D eigenvalue weighted by molar-refractivity contribution is 6.44. The van der Waals surface area contributed by atoms with Crippen molar-refractivity contribution in [3.63, 3.8) is 0 Å². The Morgan fingerprint density at radius 2 is 1.40 bits per heavy atom. The van der Waals surface area contributed by atoms with E-state index in [0.29, 0.717) is 0 Å². The molecule has 1 atom stereocenters. The molecule has 0 fully saturated rings. The lowest BCUT2D eigenvalue weighted by molar-refractivity contribution is 0.231. The van der Waals surface area contributed by atoms with E-state index >= 15 is 0 Å². The first-order valence-corrected chi connectivity index (χ1v) is 10.3. The van der Waals surface area contributed by atoms with E-state index in [1.165, 1.54) is 70.3 Å². The predicted octanol–water partition coefficient (Wildman–Crippen LogP) is 5.71. The molecule has 0 spiro atoms. The second-order valence-electron chi connectivity index (χ2n) is 5.78. The summed E-state index contributed by atoms with van der Waals surface area (Å²) in [5, 5.41) is 0. The molecule has 0 aliphatic rings. The quantitative estimate of drug-likeness (QED) is 0.285. The molecule has 0 aliphatic carbocycles. The molecule has 0 aliphatic heterocycles. The lowest BCUT2D eigenvalue weighted by Crippen LogP contribution is -2.24. The second kappa shape index (κ2) is 15.5. The van der Waals surface area contributed by atoms with Gasteiger partial charge in [0.05, 0.1) is 0 Å². The number of unbranched alkanes of at least 4 members (excludes halogenated alkanes) is 6. The minimum atomic E-state index is -1.01. The third-order valence-corrected chi connectivity index (χ3v) is 5.90. The average molecular weight is 302 g/mol. The third-order valence-electron chi connectivity index (χ3n) is 3.92. The zero-order chi connectivity index (χ0) is 15.1. The summed E-state index contributed by atoms with van der Waals surface area (Å²) < 4.78 is 11.3. The van der Waals surface area contributed by atoms with Crippen molar-refractivity contribution >= 4 is 9.28 Å². The van der Waals surface area contributed by atoms with Gasteiger partial charge < -0.3 is 8.85 Å². The molecule has 0 amide bonds. The molecule has 0 saturated heterocycles. The van der Waals surface area contributed by atoms with E-state index < -0.39 is 9.28 Å². The Kier molecular flexibility index (Phi) is 15.6. The van der Waals surface area contributed by atoms with Crippen molar-refractivity contribution in [2.75, 3.05) is 13.7 Å². The summed E-state index contributed by atoms with van der Waals surface area (Å²) >= 11 is 0. The van der Waals surface area contributed by atoms with Gasteiger partial charge >= 0.3 is 9.28 Å². The molecule has 1 unspecified atom stereocenters. The maximum Gasteiger partial charge on any atom is 0.384 e. The maximum atomic E-state index is 5.74. The SMILES string of the molecule is CCCCCCCCC(CCCC)C[Si](OC)OCC. The monoisotopic (exact) mass is 301 g/mol. The van der Waals surface area contributed by atoms with Crippen LogP contribution in [0.1, 0.15) is 85.0 Å². The topological polar surface area (TPSA) is 18.5 Å². The summed E-state index contributed by atoms with van der Waals surface area (Å²) in [6, 6.07) is 1.17. The van der Waals surface area contributed by atoms with Gasteiger partial charge in [-0.3, -0.25) is 0 Å². The molecule has 1 radical (unpaired) electrons. The molecule has 121 valence electrons. The van der Waals surface area contributed by atoms with E-state index in [0.717, 1.165) is 12.5 Å². The van der Waals surface area contributed by atoms with Crippen molar-refractivity contribution in [1.29, 1.82) is 0 Å². The van der Waals surface area contributed by atoms with Gasteiger partial charge in [-0.1, -0.05) is 78.1 Å². The van der Waals surface area contributed by atoms with Crippen molar-refractivity contribution in [2.45, 2.75) is 91.0 Å². The molecule has 0 bridgehead atoms. The largest absolute Gasteiger partial charge is 0.397 e. The van der Waals surface area contributed by atoms with Gasteiger partial charge in [-0.15, -0.1) is 0 Å². The van der Waals surface area contributed by atoms with Gasteiger partial charge in [-0.05, 0) is 18.9 Å². The Hall–Kier alpha value is 0.137. The van der Waals surface area contributed by atoms with Crippen LogP contribution in [-0.2, 0) is 8.85 Å². The third kappa shape index (κ3) is 11.9. The summed E-state index contributed by atoms with van der Waals surface area (Å²) in [6.07, 6.45) is 13.8. The summed E-state index contributed by atoms with van der Waals surface area (Å²) in [5.41, 5.74) is 0. The number of hydrogen-bond donors (Lipinski definition) is 0. The van der Waals surface area contributed by atoms with Crippen molar-refractivity contribution in [1.82, 2.24) is 0 Å². The lowest BCUT2D eigenvalue weighted by atomic mass is 9.96. The summed E-state index contributed by atoms with van der Waals surface area (Å²) in [4.78, 5) is 0. The van der Waals surface area contributed by atoms with E-state index in [1.807, 2.05) is 7.11 Å². The first kappa shape index (κ1) is 20.1. The van der Waals surface area contributed by atoms with Crippen molar-refractivity contribution < 1.29 is 8.85 Å². The molecule has 0 aromatic carbocycles. The lowest BCUT2D eigenvalue weighted by Gasteiger charge is -2.20. The second-order valence-corrected chi connectivity index (χ2v) is 7.63. The minimum Gasteiger partial charge on any atom is -0.397 e. The fourth-order valence-corrected chi connectivity index (χ4v) is 4.26.